The van der Waals surface area contributed by atoms with Crippen LogP contribution in [0.3, 0.4) is 0 Å². The van der Waals surface area contributed by atoms with Crippen LogP contribution in [0.25, 0.3) is 5.57 Å². The van der Waals surface area contributed by atoms with Gasteiger partial charge < -0.3 is 49.4 Å². The summed E-state index contributed by atoms with van der Waals surface area (Å²) in [7, 11) is 3.11. The van der Waals surface area contributed by atoms with E-state index in [9.17, 15) is 33.6 Å². The van der Waals surface area contributed by atoms with E-state index in [1.807, 2.05) is 43.6 Å². The van der Waals surface area contributed by atoms with Gasteiger partial charge in [-0.05, 0) is 129 Å². The quantitative estimate of drug-likeness (QED) is 0.0220. The van der Waals surface area contributed by atoms with E-state index in [1.54, 1.807) is 99.7 Å². The summed E-state index contributed by atoms with van der Waals surface area (Å²) in [6, 6.07) is 20.0. The number of carbonyl (C=O) groups excluding carboxylic acids is 7. The van der Waals surface area contributed by atoms with Crippen molar-refractivity contribution >= 4 is 76.9 Å². The first-order valence-electron chi connectivity index (χ1n) is 28.5. The van der Waals surface area contributed by atoms with Crippen molar-refractivity contribution in [2.45, 2.75) is 110 Å². The molecule has 0 aromatic heterocycles. The van der Waals surface area contributed by atoms with Gasteiger partial charge in [0.1, 0.15) is 17.8 Å². The molecule has 21 heteroatoms. The number of benzene rings is 4. The molecular weight excluding hydrogens is 1090 g/mol. The number of hydrogen-bond donors (Lipinski definition) is 3. The fourth-order valence-electron chi connectivity index (χ4n) is 10.3. The van der Waals surface area contributed by atoms with Crippen molar-refractivity contribution in [3.8, 4) is 34.8 Å². The Bertz CT molecular complexity index is 3430. The molecule has 0 unspecified atom stereocenters. The maximum absolute atomic E-state index is 13.6. The molecule has 5 aliphatic rings. The molecule has 0 radical (unpaired) electrons. The fourth-order valence-corrected chi connectivity index (χ4v) is 10.3. The maximum Gasteiger partial charge on any atom is 0.296 e. The number of rotatable bonds is 27. The van der Waals surface area contributed by atoms with Crippen molar-refractivity contribution in [3.63, 3.8) is 0 Å². The number of nitrogens with zero attached hydrogens (tertiary/aromatic N) is 6. The Balaban J connectivity index is 0.700. The highest BCUT2D eigenvalue weighted by molar-refractivity contribution is 6.15. The Labute approximate surface area is 493 Å². The summed E-state index contributed by atoms with van der Waals surface area (Å²) in [5.41, 5.74) is 6.40. The standard InChI is InChI=1S/C64H69N9O12/c1-38(2)60(70-58(75)11-8-7-9-22-72-59(76)31-57(64(72)80)85-49-20-12-41(32-65)13-21-49)62(78)68-40(4)61(77)69-46-18-16-43(17-19-46)44-26-47(71(35-44)37-74)33-66-51-29-55(53(81-5)25-39(51)3)83-23-10-24-84-56-30-52-50(28-54(56)82-6)63(79)73-36-45(42-14-15-42)27-48(73)34-67-52/h12-13,16-21,25,28-31,33-38,40,42,47-48,60H,7-11,14-15,22-24,26-27H2,1-6H3,(H,68,78)(H,69,77)(H,70,75)/t40-,47-,48-,60-/m1/s1. The minimum Gasteiger partial charge on any atom is -0.493 e. The molecule has 21 nitrogen and oxygen atoms in total. The van der Waals surface area contributed by atoms with Crippen LogP contribution in [-0.4, -0.2) is 127 Å². The molecule has 7 amide bonds. The minimum atomic E-state index is -0.953. The number of methoxy groups -OCH3 is 2. The van der Waals surface area contributed by atoms with E-state index in [0.29, 0.717) is 102 Å². The molecule has 4 aromatic carbocycles. The predicted molar refractivity (Wildman–Crippen MR) is 317 cm³/mol. The summed E-state index contributed by atoms with van der Waals surface area (Å²) in [5.74, 6) is -0.0960. The van der Waals surface area contributed by atoms with Crippen LogP contribution in [0.4, 0.5) is 17.1 Å². The average molecular weight is 1160 g/mol. The molecule has 1 aliphatic carbocycles. The van der Waals surface area contributed by atoms with Crippen molar-refractivity contribution in [1.82, 2.24) is 25.3 Å². The summed E-state index contributed by atoms with van der Waals surface area (Å²) < 4.78 is 29.2. The third-order valence-electron chi connectivity index (χ3n) is 15.3. The Morgan fingerprint density at radius 2 is 1.54 bits per heavy atom. The van der Waals surface area contributed by atoms with Gasteiger partial charge in [-0.1, -0.05) is 32.4 Å². The number of ether oxygens (including phenoxy) is 5. The lowest BCUT2D eigenvalue weighted by Gasteiger charge is -2.24. The van der Waals surface area contributed by atoms with Crippen LogP contribution >= 0.6 is 0 Å². The van der Waals surface area contributed by atoms with E-state index in [-0.39, 0.29) is 55.1 Å². The zero-order chi connectivity index (χ0) is 60.3. The highest BCUT2D eigenvalue weighted by Gasteiger charge is 2.38. The first-order valence-corrected chi connectivity index (χ1v) is 28.5. The van der Waals surface area contributed by atoms with E-state index in [2.05, 4.69) is 16.0 Å². The van der Waals surface area contributed by atoms with Crippen LogP contribution in [0, 0.1) is 30.1 Å². The van der Waals surface area contributed by atoms with E-state index in [0.717, 1.165) is 40.5 Å². The second-order valence-corrected chi connectivity index (χ2v) is 21.8. The molecule has 4 atom stereocenters. The Morgan fingerprint density at radius 3 is 2.22 bits per heavy atom. The third-order valence-corrected chi connectivity index (χ3v) is 15.3. The minimum absolute atomic E-state index is 0.0941. The normalized spacial score (nSPS) is 17.7. The highest BCUT2D eigenvalue weighted by atomic mass is 16.5. The lowest BCUT2D eigenvalue weighted by Crippen LogP contribution is -2.53. The number of fused-ring (bicyclic) bond motifs is 2. The highest BCUT2D eigenvalue weighted by Crippen LogP contribution is 2.44. The van der Waals surface area contributed by atoms with E-state index in [1.165, 1.54) is 30.5 Å². The number of anilines is 1. The fraction of sp³-hybridized carbons (Fsp3) is 0.375. The first kappa shape index (κ1) is 60.0. The van der Waals surface area contributed by atoms with Gasteiger partial charge in [-0.3, -0.25) is 48.4 Å². The number of hydrogen-bond acceptors (Lipinski definition) is 15. The maximum atomic E-state index is 13.6. The lowest BCUT2D eigenvalue weighted by atomic mass is 10.0. The smallest absolute Gasteiger partial charge is 0.296 e. The van der Waals surface area contributed by atoms with Gasteiger partial charge in [-0.2, -0.15) is 5.26 Å². The zero-order valence-electron chi connectivity index (χ0n) is 48.4. The van der Waals surface area contributed by atoms with Crippen LogP contribution < -0.4 is 39.6 Å². The summed E-state index contributed by atoms with van der Waals surface area (Å²) >= 11 is 0. The number of carbonyl (C=O) groups is 7. The van der Waals surface area contributed by atoms with Crippen LogP contribution in [-0.2, 0) is 28.8 Å². The second-order valence-electron chi connectivity index (χ2n) is 21.8. The number of nitriles is 1. The predicted octanol–water partition coefficient (Wildman–Crippen LogP) is 8.41. The van der Waals surface area contributed by atoms with Crippen LogP contribution in [0.5, 0.6) is 28.7 Å². The number of unbranched alkanes of at least 4 members (excludes halogenated alkanes) is 2. The van der Waals surface area contributed by atoms with Gasteiger partial charge in [0.25, 0.3) is 17.7 Å². The summed E-state index contributed by atoms with van der Waals surface area (Å²) in [6.07, 6.45) is 14.9. The molecule has 85 heavy (non-hydrogen) atoms. The first-order chi connectivity index (χ1) is 41.0. The van der Waals surface area contributed by atoms with Gasteiger partial charge in [0, 0.05) is 68.5 Å². The Hall–Kier alpha value is -9.58. The van der Waals surface area contributed by atoms with Gasteiger partial charge in [0.2, 0.25) is 24.1 Å². The van der Waals surface area contributed by atoms with Crippen molar-refractivity contribution in [2.75, 3.05) is 39.3 Å². The number of nitrogens with one attached hydrogen (secondary N) is 3. The Kier molecular flexibility index (Phi) is 19.2. The van der Waals surface area contributed by atoms with Gasteiger partial charge in [-0.15, -0.1) is 0 Å². The molecule has 1 saturated carbocycles. The molecule has 4 aliphatic heterocycles. The van der Waals surface area contributed by atoms with Gasteiger partial charge >= 0.3 is 0 Å². The third kappa shape index (κ3) is 14.6. The van der Waals surface area contributed by atoms with Crippen molar-refractivity contribution in [3.05, 3.63) is 125 Å². The van der Waals surface area contributed by atoms with E-state index >= 15 is 0 Å². The molecule has 9 rings (SSSR count). The van der Waals surface area contributed by atoms with Gasteiger partial charge in [-0.25, -0.2) is 0 Å². The molecule has 4 heterocycles. The lowest BCUT2D eigenvalue weighted by molar-refractivity contribution is -0.138. The average Bonchev–Trinajstić information content (AvgIpc) is 2.71. The van der Waals surface area contributed by atoms with Crippen molar-refractivity contribution in [2.24, 2.45) is 21.8 Å². The van der Waals surface area contributed by atoms with E-state index < -0.39 is 35.7 Å². The van der Waals surface area contributed by atoms with Crippen LogP contribution in [0.15, 0.2) is 113 Å². The van der Waals surface area contributed by atoms with E-state index in [4.69, 9.17) is 38.9 Å². The molecule has 3 N–H and O–H groups in total. The number of imide groups is 1. The zero-order valence-corrected chi connectivity index (χ0v) is 48.4. The summed E-state index contributed by atoms with van der Waals surface area (Å²) in [4.78, 5) is 105. The monoisotopic (exact) mass is 1160 g/mol. The van der Waals surface area contributed by atoms with Crippen LogP contribution in [0.2, 0.25) is 0 Å². The molecule has 0 spiro atoms. The molecule has 4 aromatic rings. The van der Waals surface area contributed by atoms with Crippen molar-refractivity contribution in [1.29, 1.82) is 5.26 Å². The molecule has 1 fully saturated rings. The molecule has 0 bridgehead atoms. The summed E-state index contributed by atoms with van der Waals surface area (Å²) in [5, 5.41) is 17.3. The number of aryl methyl sites for hydroxylation is 1. The van der Waals surface area contributed by atoms with Crippen LogP contribution in [0.1, 0.15) is 106 Å². The Morgan fingerprint density at radius 1 is 0.824 bits per heavy atom. The van der Waals surface area contributed by atoms with Crippen molar-refractivity contribution < 1.29 is 57.2 Å². The molecular formula is C64H69N9O12. The topological polar surface area (TPSA) is 260 Å². The summed E-state index contributed by atoms with van der Waals surface area (Å²) in [6.45, 7) is 7.74. The SMILES string of the molecule is COc1cc(C)c(N=C[C@H]2CC(c3ccc(NC(=O)[C@@H](C)NC(=O)[C@H](NC(=O)CCCCCN4C(=O)C=C(Oc5ccc(C#N)cc5)C4=O)C(C)C)cc3)=CN2C=O)cc1OCCCOc1cc2c(cc1OC)C(=O)N1C=C(C3CC3)C[C@@H]1C=N2. The number of aliphatic imine (C=N–C) groups is 2. The van der Waals surface area contributed by atoms with Gasteiger partial charge in [0.05, 0.1) is 74.2 Å². The largest absolute Gasteiger partial charge is 0.493 e. The second kappa shape index (κ2) is 27.2. The molecule has 442 valence electrons. The van der Waals surface area contributed by atoms with Gasteiger partial charge in [0.15, 0.2) is 28.8 Å². The number of amides is 7. The molecule has 0 saturated heterocycles.